The summed E-state index contributed by atoms with van der Waals surface area (Å²) in [5, 5.41) is 12.6. The summed E-state index contributed by atoms with van der Waals surface area (Å²) in [7, 11) is 1.53. The van der Waals surface area contributed by atoms with Crippen molar-refractivity contribution in [1.82, 2.24) is 19.9 Å². The second kappa shape index (κ2) is 11.8. The second-order valence-electron chi connectivity index (χ2n) is 13.4. The van der Waals surface area contributed by atoms with Crippen molar-refractivity contribution < 1.29 is 28.1 Å². The minimum absolute atomic E-state index is 0.0132. The van der Waals surface area contributed by atoms with Gasteiger partial charge in [-0.2, -0.15) is 9.97 Å². The van der Waals surface area contributed by atoms with Crippen LogP contribution in [0.3, 0.4) is 0 Å². The zero-order valence-electron chi connectivity index (χ0n) is 26.3. The number of hydrogen-bond acceptors (Lipinski definition) is 9. The van der Waals surface area contributed by atoms with Crippen molar-refractivity contribution in [3.8, 4) is 35.4 Å². The number of ether oxygens (including phenoxy) is 3. The third-order valence-corrected chi connectivity index (χ3v) is 10.7. The van der Waals surface area contributed by atoms with Crippen molar-refractivity contribution in [3.05, 3.63) is 47.9 Å². The van der Waals surface area contributed by atoms with Gasteiger partial charge in [-0.1, -0.05) is 18.1 Å². The molecule has 2 aromatic heterocycles. The Hall–Kier alpha value is -4.11. The first kappa shape index (κ1) is 30.2. The lowest BCUT2D eigenvalue weighted by Gasteiger charge is -2.36. The molecule has 4 atom stereocenters. The Labute approximate surface area is 271 Å². The first-order chi connectivity index (χ1) is 22.9. The van der Waals surface area contributed by atoms with E-state index in [-0.39, 0.29) is 48.6 Å². The number of nitrogens with zero attached hydrogens (tertiary/aromatic N) is 5. The SMILES string of the molecule is C#Cc1cccc2cc(OCOC)cc(-c3ncc4c(N5CC6CCC(C5)C6O)nc(OC[C@@]56CCCN5C[C@H](F)C6)nc4c3F)c12. The van der Waals surface area contributed by atoms with Crippen LogP contribution in [0.4, 0.5) is 14.6 Å². The van der Waals surface area contributed by atoms with Gasteiger partial charge in [0.1, 0.15) is 35.6 Å². The maximum Gasteiger partial charge on any atom is 0.319 e. The van der Waals surface area contributed by atoms with Crippen LogP contribution in [0, 0.1) is 30.0 Å². The van der Waals surface area contributed by atoms with Gasteiger partial charge in [-0.25, -0.2) is 8.78 Å². The number of anilines is 1. The highest BCUT2D eigenvalue weighted by Crippen LogP contribution is 2.43. The molecule has 0 spiro atoms. The van der Waals surface area contributed by atoms with E-state index in [0.717, 1.165) is 37.6 Å². The molecule has 244 valence electrons. The third kappa shape index (κ3) is 5.14. The molecule has 0 radical (unpaired) electrons. The molecule has 0 amide bonds. The maximum atomic E-state index is 17.0. The average Bonchev–Trinajstić information content (AvgIpc) is 3.66. The van der Waals surface area contributed by atoms with E-state index in [1.54, 1.807) is 12.3 Å². The molecule has 4 fully saturated rings. The monoisotopic (exact) mass is 641 g/mol. The van der Waals surface area contributed by atoms with Gasteiger partial charge in [0.15, 0.2) is 12.6 Å². The minimum atomic E-state index is -0.903. The number of hydrogen-bond donors (Lipinski definition) is 1. The fourth-order valence-electron chi connectivity index (χ4n) is 8.45. The lowest BCUT2D eigenvalue weighted by molar-refractivity contribution is 0.0512. The first-order valence-corrected chi connectivity index (χ1v) is 16.3. The number of piperidine rings is 1. The Morgan fingerprint density at radius 1 is 1.13 bits per heavy atom. The molecule has 2 unspecified atom stereocenters. The Morgan fingerprint density at radius 2 is 1.96 bits per heavy atom. The lowest BCUT2D eigenvalue weighted by atomic mass is 9.94. The van der Waals surface area contributed by atoms with Crippen molar-refractivity contribution >= 4 is 27.5 Å². The van der Waals surface area contributed by atoms with Gasteiger partial charge in [0.05, 0.1) is 17.0 Å². The van der Waals surface area contributed by atoms with Crippen LogP contribution in [-0.2, 0) is 4.74 Å². The number of aromatic nitrogens is 3. The van der Waals surface area contributed by atoms with E-state index in [1.165, 1.54) is 7.11 Å². The Morgan fingerprint density at radius 3 is 2.74 bits per heavy atom. The normalized spacial score (nSPS) is 27.0. The summed E-state index contributed by atoms with van der Waals surface area (Å²) in [6, 6.07) is 9.13. The Balaban J connectivity index is 1.26. The summed E-state index contributed by atoms with van der Waals surface area (Å²) in [4.78, 5) is 18.4. The third-order valence-electron chi connectivity index (χ3n) is 10.7. The number of methoxy groups -OCH3 is 1. The second-order valence-corrected chi connectivity index (χ2v) is 13.4. The van der Waals surface area contributed by atoms with Gasteiger partial charge in [0.2, 0.25) is 0 Å². The molecule has 9 nitrogen and oxygen atoms in total. The largest absolute Gasteiger partial charge is 0.468 e. The molecular formula is C36H37F2N5O4. The number of fused-ring (bicyclic) bond motifs is 5. The molecule has 11 heteroatoms. The van der Waals surface area contributed by atoms with E-state index in [2.05, 4.69) is 25.7 Å². The molecule has 1 saturated carbocycles. The summed E-state index contributed by atoms with van der Waals surface area (Å²) in [5.74, 6) is 3.29. The van der Waals surface area contributed by atoms with E-state index >= 15 is 4.39 Å². The number of terminal acetylenes is 1. The number of alkyl halides is 1. The van der Waals surface area contributed by atoms with Crippen LogP contribution in [0.2, 0.25) is 0 Å². The van der Waals surface area contributed by atoms with Crippen LogP contribution in [-0.4, -0.2) is 89.5 Å². The van der Waals surface area contributed by atoms with Crippen LogP contribution in [0.15, 0.2) is 36.5 Å². The van der Waals surface area contributed by atoms with E-state index in [4.69, 9.17) is 25.6 Å². The molecule has 1 N–H and O–H groups in total. The minimum Gasteiger partial charge on any atom is -0.468 e. The highest BCUT2D eigenvalue weighted by Gasteiger charge is 2.49. The van der Waals surface area contributed by atoms with Gasteiger partial charge < -0.3 is 24.2 Å². The van der Waals surface area contributed by atoms with Crippen molar-refractivity contribution in [2.75, 3.05) is 51.6 Å². The van der Waals surface area contributed by atoms with Gasteiger partial charge in [0, 0.05) is 67.7 Å². The molecule has 1 aliphatic carbocycles. The molecule has 3 aliphatic heterocycles. The zero-order valence-corrected chi connectivity index (χ0v) is 26.3. The van der Waals surface area contributed by atoms with Crippen LogP contribution < -0.4 is 14.4 Å². The number of aliphatic hydroxyl groups is 1. The molecule has 4 aromatic rings. The van der Waals surface area contributed by atoms with E-state index < -0.39 is 17.5 Å². The molecule has 8 rings (SSSR count). The number of halogens is 2. The molecule has 47 heavy (non-hydrogen) atoms. The van der Waals surface area contributed by atoms with Gasteiger partial charge in [-0.15, -0.1) is 6.42 Å². The molecular weight excluding hydrogens is 604 g/mol. The van der Waals surface area contributed by atoms with Crippen molar-refractivity contribution in [3.63, 3.8) is 0 Å². The average molecular weight is 642 g/mol. The Kier molecular flexibility index (Phi) is 7.62. The van der Waals surface area contributed by atoms with Gasteiger partial charge in [-0.3, -0.25) is 9.88 Å². The Bertz CT molecular complexity index is 1890. The predicted molar refractivity (Wildman–Crippen MR) is 174 cm³/mol. The lowest BCUT2D eigenvalue weighted by Crippen LogP contribution is -2.45. The van der Waals surface area contributed by atoms with E-state index in [1.807, 2.05) is 24.3 Å². The van der Waals surface area contributed by atoms with Crippen LogP contribution >= 0.6 is 0 Å². The molecule has 4 aliphatic rings. The highest BCUT2D eigenvalue weighted by atomic mass is 19.1. The standard InChI is InChI=1S/C36H37F2N5O4/c1-3-21-6-4-7-22-12-26(47-20-45-2)13-27(29(21)22)31-30(38)32-28(15-39-31)34(42-16-23-8-9-24(17-42)33(23)44)41-35(40-32)46-19-36-10-5-11-43(36)18-25(37)14-36/h1,4,6-7,12-13,15,23-25,33,44H,5,8-11,14,16-20H2,2H3/t23?,24?,25-,33?,36+/m1/s1. The van der Waals surface area contributed by atoms with E-state index in [9.17, 15) is 9.50 Å². The van der Waals surface area contributed by atoms with Gasteiger partial charge in [0.25, 0.3) is 0 Å². The summed E-state index contributed by atoms with van der Waals surface area (Å²) < 4.78 is 48.7. The number of benzene rings is 2. The fourth-order valence-corrected chi connectivity index (χ4v) is 8.45. The summed E-state index contributed by atoms with van der Waals surface area (Å²) in [5.41, 5.74) is 0.771. The summed E-state index contributed by atoms with van der Waals surface area (Å²) >= 11 is 0. The van der Waals surface area contributed by atoms with Crippen LogP contribution in [0.1, 0.15) is 37.7 Å². The first-order valence-electron chi connectivity index (χ1n) is 16.3. The van der Waals surface area contributed by atoms with Gasteiger partial charge in [-0.05, 0) is 55.8 Å². The molecule has 2 aromatic carbocycles. The van der Waals surface area contributed by atoms with Crippen molar-refractivity contribution in [2.45, 2.75) is 49.9 Å². The van der Waals surface area contributed by atoms with Crippen LogP contribution in [0.5, 0.6) is 11.8 Å². The fraction of sp³-hybridized carbons (Fsp3) is 0.472. The van der Waals surface area contributed by atoms with Crippen LogP contribution in [0.25, 0.3) is 32.9 Å². The molecule has 3 saturated heterocycles. The highest BCUT2D eigenvalue weighted by molar-refractivity contribution is 6.02. The molecule has 2 bridgehead atoms. The number of rotatable bonds is 8. The number of pyridine rings is 1. The van der Waals surface area contributed by atoms with Crippen molar-refractivity contribution in [1.29, 1.82) is 0 Å². The summed E-state index contributed by atoms with van der Waals surface area (Å²) in [6.45, 7) is 2.63. The van der Waals surface area contributed by atoms with Gasteiger partial charge >= 0.3 is 6.01 Å². The van der Waals surface area contributed by atoms with E-state index in [0.29, 0.717) is 59.5 Å². The number of aliphatic hydroxyl groups excluding tert-OH is 1. The predicted octanol–water partition coefficient (Wildman–Crippen LogP) is 5.11. The molecule has 5 heterocycles. The van der Waals surface area contributed by atoms with Crippen molar-refractivity contribution in [2.24, 2.45) is 11.8 Å². The maximum absolute atomic E-state index is 17.0. The zero-order chi connectivity index (χ0) is 32.3. The summed E-state index contributed by atoms with van der Waals surface area (Å²) in [6.07, 6.45) is 10.3. The topological polar surface area (TPSA) is 93.1 Å². The quantitative estimate of drug-likeness (QED) is 0.208. The smallest absolute Gasteiger partial charge is 0.319 e.